The van der Waals surface area contributed by atoms with Crippen LogP contribution in [0.5, 0.6) is 11.5 Å². The number of carbonyl (C=O) groups excluding carboxylic acids is 1. The lowest BCUT2D eigenvalue weighted by molar-refractivity contribution is -0.120. The van der Waals surface area contributed by atoms with Crippen molar-refractivity contribution in [3.05, 3.63) is 64.9 Å². The zero-order valence-corrected chi connectivity index (χ0v) is 14.2. The third kappa shape index (κ3) is 4.22. The Bertz CT molecular complexity index is 955. The lowest BCUT2D eigenvalue weighted by Gasteiger charge is -2.01. The van der Waals surface area contributed by atoms with E-state index in [0.29, 0.717) is 10.7 Å². The van der Waals surface area contributed by atoms with Gasteiger partial charge in [-0.05, 0) is 36.4 Å². The van der Waals surface area contributed by atoms with E-state index in [4.69, 9.17) is 0 Å². The zero-order valence-electron chi connectivity index (χ0n) is 13.4. The van der Waals surface area contributed by atoms with E-state index in [0.717, 1.165) is 5.56 Å². The number of benzene rings is 2. The van der Waals surface area contributed by atoms with Gasteiger partial charge in [0.2, 0.25) is 5.91 Å². The molecule has 0 saturated heterocycles. The molecule has 0 aliphatic rings. The quantitative estimate of drug-likeness (QED) is 0.365. The predicted molar refractivity (Wildman–Crippen MR) is 96.7 cm³/mol. The fourth-order valence-corrected chi connectivity index (χ4v) is 2.97. The molecular formula is C18H14FN3O3S. The second kappa shape index (κ2) is 7.75. The first-order valence-corrected chi connectivity index (χ1v) is 8.44. The van der Waals surface area contributed by atoms with E-state index in [-0.39, 0.29) is 35.2 Å². The number of halogens is 1. The second-order valence-electron chi connectivity index (χ2n) is 5.34. The van der Waals surface area contributed by atoms with Crippen molar-refractivity contribution in [3.63, 3.8) is 0 Å². The smallest absolute Gasteiger partial charge is 0.246 e. The number of aromatic hydroxyl groups is 2. The second-order valence-corrected chi connectivity index (χ2v) is 6.19. The molecule has 0 atom stereocenters. The summed E-state index contributed by atoms with van der Waals surface area (Å²) in [5.41, 5.74) is 3.96. The van der Waals surface area contributed by atoms with Gasteiger partial charge in [-0.1, -0.05) is 6.07 Å². The van der Waals surface area contributed by atoms with Gasteiger partial charge in [0.25, 0.3) is 0 Å². The molecule has 0 spiro atoms. The Morgan fingerprint density at radius 3 is 2.77 bits per heavy atom. The van der Waals surface area contributed by atoms with Crippen LogP contribution in [0, 0.1) is 5.82 Å². The Balaban J connectivity index is 1.59. The minimum absolute atomic E-state index is 0.0288. The first-order valence-electron chi connectivity index (χ1n) is 7.56. The van der Waals surface area contributed by atoms with Gasteiger partial charge in [-0.15, -0.1) is 11.3 Å². The van der Waals surface area contributed by atoms with E-state index in [1.54, 1.807) is 29.6 Å². The third-order valence-electron chi connectivity index (χ3n) is 3.42. The Labute approximate surface area is 152 Å². The molecule has 0 fully saturated rings. The molecule has 0 aliphatic carbocycles. The number of hydrazone groups is 1. The highest BCUT2D eigenvalue weighted by Crippen LogP contribution is 2.26. The van der Waals surface area contributed by atoms with Gasteiger partial charge < -0.3 is 10.2 Å². The molecule has 1 heterocycles. The molecule has 0 aliphatic heterocycles. The van der Waals surface area contributed by atoms with Crippen LogP contribution < -0.4 is 5.43 Å². The molecule has 2 aromatic carbocycles. The number of hydrogen-bond acceptors (Lipinski definition) is 6. The summed E-state index contributed by atoms with van der Waals surface area (Å²) in [4.78, 5) is 16.3. The maximum absolute atomic E-state index is 13.0. The number of nitrogens with zero attached hydrogens (tertiary/aromatic N) is 2. The van der Waals surface area contributed by atoms with E-state index in [1.165, 1.54) is 35.8 Å². The monoisotopic (exact) mass is 371 g/mol. The summed E-state index contributed by atoms with van der Waals surface area (Å²) in [7, 11) is 0. The molecule has 0 radical (unpaired) electrons. The van der Waals surface area contributed by atoms with Crippen LogP contribution in [0.3, 0.4) is 0 Å². The Hall–Kier alpha value is -3.26. The van der Waals surface area contributed by atoms with Crippen molar-refractivity contribution < 1.29 is 19.4 Å². The van der Waals surface area contributed by atoms with Crippen molar-refractivity contribution in [2.45, 2.75) is 6.42 Å². The maximum Gasteiger partial charge on any atom is 0.246 e. The summed E-state index contributed by atoms with van der Waals surface area (Å²) in [5, 5.41) is 25.2. The first-order chi connectivity index (χ1) is 12.5. The highest BCUT2D eigenvalue weighted by Gasteiger charge is 2.09. The van der Waals surface area contributed by atoms with Crippen LogP contribution >= 0.6 is 11.3 Å². The lowest BCUT2D eigenvalue weighted by Crippen LogP contribution is -2.19. The lowest BCUT2D eigenvalue weighted by atomic mass is 10.2. The predicted octanol–water partition coefficient (Wildman–Crippen LogP) is 3.05. The standard InChI is InChI=1S/C18H14FN3O3S/c19-13-6-4-11(5-7-13)18-21-14(10-26-18)8-16(24)22-20-9-12-2-1-3-15(23)17(12)25/h1-7,9-10,23,25H,8H2,(H,22,24)/b20-9+. The maximum atomic E-state index is 13.0. The van der Waals surface area contributed by atoms with E-state index in [1.807, 2.05) is 0 Å². The van der Waals surface area contributed by atoms with Crippen LogP contribution in [-0.4, -0.2) is 27.3 Å². The molecule has 8 heteroatoms. The highest BCUT2D eigenvalue weighted by atomic mass is 32.1. The van der Waals surface area contributed by atoms with Crippen LogP contribution in [-0.2, 0) is 11.2 Å². The normalized spacial score (nSPS) is 11.0. The average Bonchev–Trinajstić information content (AvgIpc) is 3.07. The van der Waals surface area contributed by atoms with E-state index in [9.17, 15) is 19.4 Å². The molecule has 3 aromatic rings. The summed E-state index contributed by atoms with van der Waals surface area (Å²) in [6, 6.07) is 10.4. The largest absolute Gasteiger partial charge is 0.504 e. The molecule has 0 unspecified atom stereocenters. The van der Waals surface area contributed by atoms with Crippen LogP contribution in [0.15, 0.2) is 52.9 Å². The van der Waals surface area contributed by atoms with E-state index in [2.05, 4.69) is 15.5 Å². The summed E-state index contributed by atoms with van der Waals surface area (Å²) in [6.45, 7) is 0. The Kier molecular flexibility index (Phi) is 5.23. The molecule has 6 nitrogen and oxygen atoms in total. The number of carbonyl (C=O) groups is 1. The van der Waals surface area contributed by atoms with Crippen LogP contribution in [0.2, 0.25) is 0 Å². The number of thiazole rings is 1. The van der Waals surface area contributed by atoms with Crippen molar-refractivity contribution in [1.82, 2.24) is 10.4 Å². The van der Waals surface area contributed by atoms with Gasteiger partial charge in [-0.2, -0.15) is 5.10 Å². The molecule has 1 amide bonds. The Morgan fingerprint density at radius 2 is 2.00 bits per heavy atom. The van der Waals surface area contributed by atoms with E-state index >= 15 is 0 Å². The number of para-hydroxylation sites is 1. The molecule has 3 rings (SSSR count). The molecule has 132 valence electrons. The highest BCUT2D eigenvalue weighted by molar-refractivity contribution is 7.13. The zero-order chi connectivity index (χ0) is 18.5. The molecule has 26 heavy (non-hydrogen) atoms. The van der Waals surface area contributed by atoms with Gasteiger partial charge in [0.15, 0.2) is 11.5 Å². The topological polar surface area (TPSA) is 94.8 Å². The number of hydrogen-bond donors (Lipinski definition) is 3. The molecular weight excluding hydrogens is 357 g/mol. The van der Waals surface area contributed by atoms with Gasteiger partial charge in [-0.3, -0.25) is 4.79 Å². The number of aromatic nitrogens is 1. The fourth-order valence-electron chi connectivity index (χ4n) is 2.14. The van der Waals surface area contributed by atoms with E-state index < -0.39 is 0 Å². The van der Waals surface area contributed by atoms with Crippen molar-refractivity contribution in [3.8, 4) is 22.1 Å². The molecule has 3 N–H and O–H groups in total. The molecule has 0 saturated carbocycles. The van der Waals surface area contributed by atoms with Gasteiger partial charge in [-0.25, -0.2) is 14.8 Å². The minimum Gasteiger partial charge on any atom is -0.504 e. The van der Waals surface area contributed by atoms with Crippen molar-refractivity contribution in [2.75, 3.05) is 0 Å². The van der Waals surface area contributed by atoms with Crippen molar-refractivity contribution in [2.24, 2.45) is 5.10 Å². The van der Waals surface area contributed by atoms with Gasteiger partial charge in [0.1, 0.15) is 10.8 Å². The van der Waals surface area contributed by atoms with Gasteiger partial charge in [0, 0.05) is 16.5 Å². The third-order valence-corrected chi connectivity index (χ3v) is 4.36. The van der Waals surface area contributed by atoms with Crippen molar-refractivity contribution >= 4 is 23.5 Å². The number of phenols is 2. The fraction of sp³-hybridized carbons (Fsp3) is 0.0556. The number of amides is 1. The van der Waals surface area contributed by atoms with Crippen molar-refractivity contribution in [1.29, 1.82) is 0 Å². The van der Waals surface area contributed by atoms with Crippen LogP contribution in [0.25, 0.3) is 10.6 Å². The number of nitrogens with one attached hydrogen (secondary N) is 1. The van der Waals surface area contributed by atoms with Gasteiger partial charge >= 0.3 is 0 Å². The molecule has 1 aromatic heterocycles. The van der Waals surface area contributed by atoms with Gasteiger partial charge in [0.05, 0.1) is 18.3 Å². The Morgan fingerprint density at radius 1 is 1.23 bits per heavy atom. The first kappa shape index (κ1) is 17.6. The summed E-state index contributed by atoms with van der Waals surface area (Å²) in [6.07, 6.45) is 1.26. The summed E-state index contributed by atoms with van der Waals surface area (Å²) in [5.74, 6) is -1.28. The summed E-state index contributed by atoms with van der Waals surface area (Å²) < 4.78 is 13.0. The van der Waals surface area contributed by atoms with Crippen LogP contribution in [0.1, 0.15) is 11.3 Å². The summed E-state index contributed by atoms with van der Waals surface area (Å²) >= 11 is 1.36. The number of phenolic OH excluding ortho intramolecular Hbond substituents is 2. The molecule has 0 bridgehead atoms. The number of rotatable bonds is 5. The SMILES string of the molecule is O=C(Cc1csc(-c2ccc(F)cc2)n1)N/N=C/c1cccc(O)c1O. The van der Waals surface area contributed by atoms with Crippen LogP contribution in [0.4, 0.5) is 4.39 Å². The minimum atomic E-state index is -0.378. The average molecular weight is 371 g/mol.